The van der Waals surface area contributed by atoms with Gasteiger partial charge >= 0.3 is 0 Å². The van der Waals surface area contributed by atoms with Gasteiger partial charge in [-0.25, -0.2) is 0 Å². The van der Waals surface area contributed by atoms with Crippen LogP contribution in [0.4, 0.5) is 0 Å². The number of methoxy groups -OCH3 is 3. The highest BCUT2D eigenvalue weighted by molar-refractivity contribution is 7.80. The molecule has 38 heavy (non-hydrogen) atoms. The first-order valence-electron chi connectivity index (χ1n) is 12.7. The number of hydrogen-bond donors (Lipinski definition) is 2. The van der Waals surface area contributed by atoms with Crippen LogP contribution in [0.3, 0.4) is 0 Å². The molecule has 2 aromatic carbocycles. The summed E-state index contributed by atoms with van der Waals surface area (Å²) >= 11 is 5.32. The van der Waals surface area contributed by atoms with Gasteiger partial charge in [0.2, 0.25) is 5.91 Å². The first kappa shape index (κ1) is 32.6. The number of nitrogens with one attached hydrogen (secondary N) is 2. The molecule has 1 amide bonds. The van der Waals surface area contributed by atoms with Gasteiger partial charge < -0.3 is 29.6 Å². The SMILES string of the molecule is C#CCOc1ccc(CC(C)C(=O)NCC)cc1OC.CCNC(=S)C(C)Cc1ccc(OC)c(OC)c1. The Hall–Kier alpha value is -3.44. The number of carbonyl (C=O) groups is 1. The summed E-state index contributed by atoms with van der Waals surface area (Å²) in [5, 5.41) is 6.01. The van der Waals surface area contributed by atoms with Crippen molar-refractivity contribution in [2.75, 3.05) is 41.0 Å². The van der Waals surface area contributed by atoms with E-state index in [0.717, 1.165) is 35.0 Å². The molecular weight excluding hydrogens is 500 g/mol. The Labute approximate surface area is 233 Å². The van der Waals surface area contributed by atoms with E-state index in [2.05, 4.69) is 30.4 Å². The van der Waals surface area contributed by atoms with E-state index in [1.807, 2.05) is 50.2 Å². The third kappa shape index (κ3) is 10.9. The zero-order valence-electron chi connectivity index (χ0n) is 23.7. The van der Waals surface area contributed by atoms with E-state index in [1.54, 1.807) is 21.3 Å². The molecule has 208 valence electrons. The van der Waals surface area contributed by atoms with Crippen LogP contribution in [-0.2, 0) is 17.6 Å². The van der Waals surface area contributed by atoms with Crippen LogP contribution in [0.5, 0.6) is 23.0 Å². The van der Waals surface area contributed by atoms with Gasteiger partial charge in [0, 0.05) is 24.9 Å². The molecule has 8 heteroatoms. The third-order valence-electron chi connectivity index (χ3n) is 5.67. The number of benzene rings is 2. The molecule has 2 N–H and O–H groups in total. The number of terminal acetylenes is 1. The molecule has 0 aliphatic heterocycles. The fourth-order valence-corrected chi connectivity index (χ4v) is 3.90. The van der Waals surface area contributed by atoms with E-state index in [0.29, 0.717) is 30.4 Å². The fraction of sp³-hybridized carbons (Fsp3) is 0.467. The number of carbonyl (C=O) groups excluding carboxylic acids is 1. The Morgan fingerprint density at radius 2 is 1.34 bits per heavy atom. The molecular formula is C30H42N2O5S. The van der Waals surface area contributed by atoms with Gasteiger partial charge in [-0.3, -0.25) is 4.79 Å². The summed E-state index contributed by atoms with van der Waals surface area (Å²) in [6.45, 7) is 9.70. The van der Waals surface area contributed by atoms with Crippen molar-refractivity contribution in [3.63, 3.8) is 0 Å². The maximum atomic E-state index is 11.7. The summed E-state index contributed by atoms with van der Waals surface area (Å²) < 4.78 is 21.2. The van der Waals surface area contributed by atoms with Crippen molar-refractivity contribution in [2.45, 2.75) is 40.5 Å². The minimum Gasteiger partial charge on any atom is -0.493 e. The van der Waals surface area contributed by atoms with Crippen LogP contribution >= 0.6 is 12.2 Å². The zero-order valence-corrected chi connectivity index (χ0v) is 24.5. The molecule has 2 atom stereocenters. The Bertz CT molecular complexity index is 1070. The minimum absolute atomic E-state index is 0.0547. The van der Waals surface area contributed by atoms with Gasteiger partial charge in [-0.05, 0) is 62.1 Å². The lowest BCUT2D eigenvalue weighted by Gasteiger charge is -2.15. The van der Waals surface area contributed by atoms with E-state index < -0.39 is 0 Å². The number of ether oxygens (including phenoxy) is 4. The van der Waals surface area contributed by atoms with Crippen molar-refractivity contribution in [2.24, 2.45) is 11.8 Å². The topological polar surface area (TPSA) is 78.1 Å². The van der Waals surface area contributed by atoms with E-state index >= 15 is 0 Å². The van der Waals surface area contributed by atoms with Crippen LogP contribution in [0.25, 0.3) is 0 Å². The minimum atomic E-state index is -0.0860. The average molecular weight is 543 g/mol. The van der Waals surface area contributed by atoms with Crippen LogP contribution < -0.4 is 29.6 Å². The van der Waals surface area contributed by atoms with Gasteiger partial charge in [-0.2, -0.15) is 0 Å². The third-order valence-corrected chi connectivity index (χ3v) is 6.21. The molecule has 2 unspecified atom stereocenters. The molecule has 0 bridgehead atoms. The molecule has 0 heterocycles. The second kappa shape index (κ2) is 17.9. The predicted octanol–water partition coefficient (Wildman–Crippen LogP) is 4.84. The van der Waals surface area contributed by atoms with Crippen molar-refractivity contribution in [1.82, 2.24) is 10.6 Å². The monoisotopic (exact) mass is 542 g/mol. The molecule has 2 rings (SSSR count). The highest BCUT2D eigenvalue weighted by Gasteiger charge is 2.14. The lowest BCUT2D eigenvalue weighted by Crippen LogP contribution is -2.29. The maximum absolute atomic E-state index is 11.7. The smallest absolute Gasteiger partial charge is 0.223 e. The van der Waals surface area contributed by atoms with Gasteiger partial charge in [0.15, 0.2) is 23.0 Å². The molecule has 7 nitrogen and oxygen atoms in total. The Morgan fingerprint density at radius 3 is 1.84 bits per heavy atom. The molecule has 0 saturated heterocycles. The quantitative estimate of drug-likeness (QED) is 0.277. The fourth-order valence-electron chi connectivity index (χ4n) is 3.67. The van der Waals surface area contributed by atoms with Crippen LogP contribution in [0.1, 0.15) is 38.8 Å². The molecule has 0 aliphatic rings. The number of amides is 1. The largest absolute Gasteiger partial charge is 0.493 e. The van der Waals surface area contributed by atoms with E-state index in [-0.39, 0.29) is 18.4 Å². The van der Waals surface area contributed by atoms with Crippen LogP contribution in [0, 0.1) is 24.2 Å². The lowest BCUT2D eigenvalue weighted by atomic mass is 10.00. The van der Waals surface area contributed by atoms with Crippen molar-refractivity contribution in [3.05, 3.63) is 47.5 Å². The molecule has 0 radical (unpaired) electrons. The lowest BCUT2D eigenvalue weighted by molar-refractivity contribution is -0.124. The summed E-state index contributed by atoms with van der Waals surface area (Å²) in [5.74, 6) is 5.45. The number of thiocarbonyl (C=S) groups is 1. The summed E-state index contributed by atoms with van der Waals surface area (Å²) in [4.78, 5) is 12.6. The van der Waals surface area contributed by atoms with E-state index in [4.69, 9.17) is 37.6 Å². The van der Waals surface area contributed by atoms with Crippen molar-refractivity contribution >= 4 is 23.1 Å². The summed E-state index contributed by atoms with van der Waals surface area (Å²) in [6.07, 6.45) is 6.71. The molecule has 2 aromatic rings. The van der Waals surface area contributed by atoms with Crippen molar-refractivity contribution in [3.8, 4) is 35.3 Å². The van der Waals surface area contributed by atoms with Gasteiger partial charge in [-0.15, -0.1) is 6.42 Å². The van der Waals surface area contributed by atoms with Gasteiger partial charge in [-0.1, -0.05) is 44.1 Å². The average Bonchev–Trinajstić information content (AvgIpc) is 2.92. The van der Waals surface area contributed by atoms with Crippen LogP contribution in [-0.4, -0.2) is 51.9 Å². The highest BCUT2D eigenvalue weighted by atomic mass is 32.1. The number of rotatable bonds is 13. The molecule has 0 spiro atoms. The molecule has 0 fully saturated rings. The summed E-state index contributed by atoms with van der Waals surface area (Å²) in [7, 11) is 4.86. The second-order valence-corrected chi connectivity index (χ2v) is 9.11. The standard InChI is InChI=1S/C16H21NO3.C14H21NO2S/c1-5-9-20-14-8-7-13(11-15(14)19-4)10-12(3)16(18)17-6-2;1-5-15-14(18)10(2)8-11-6-7-12(16-3)13(9-11)17-4/h1,7-8,11-12H,6,9-10H2,2-4H3,(H,17,18);6-7,9-10H,5,8H2,1-4H3,(H,15,18). The molecule has 0 aliphatic carbocycles. The van der Waals surface area contributed by atoms with E-state index in [9.17, 15) is 4.79 Å². The molecule has 0 aromatic heterocycles. The molecule has 0 saturated carbocycles. The van der Waals surface area contributed by atoms with Crippen LogP contribution in [0.15, 0.2) is 36.4 Å². The first-order chi connectivity index (χ1) is 18.2. The van der Waals surface area contributed by atoms with Gasteiger partial charge in [0.05, 0.1) is 26.3 Å². The maximum Gasteiger partial charge on any atom is 0.223 e. The Kier molecular flexibility index (Phi) is 15.4. The van der Waals surface area contributed by atoms with Crippen LogP contribution in [0.2, 0.25) is 0 Å². The first-order valence-corrected chi connectivity index (χ1v) is 13.1. The normalized spacial score (nSPS) is 11.5. The predicted molar refractivity (Wildman–Crippen MR) is 158 cm³/mol. The van der Waals surface area contributed by atoms with E-state index in [1.165, 1.54) is 5.56 Å². The summed E-state index contributed by atoms with van der Waals surface area (Å²) in [5.41, 5.74) is 2.22. The number of hydrogen-bond acceptors (Lipinski definition) is 6. The van der Waals surface area contributed by atoms with Gasteiger partial charge in [0.1, 0.15) is 6.61 Å². The van der Waals surface area contributed by atoms with Crippen molar-refractivity contribution in [1.29, 1.82) is 0 Å². The van der Waals surface area contributed by atoms with Gasteiger partial charge in [0.25, 0.3) is 0 Å². The second-order valence-electron chi connectivity index (χ2n) is 8.67. The zero-order chi connectivity index (χ0) is 28.5. The summed E-state index contributed by atoms with van der Waals surface area (Å²) in [6, 6.07) is 11.6. The Morgan fingerprint density at radius 1 is 0.842 bits per heavy atom. The highest BCUT2D eigenvalue weighted by Crippen LogP contribution is 2.29. The van der Waals surface area contributed by atoms with Crippen molar-refractivity contribution < 1.29 is 23.7 Å². The Balaban J connectivity index is 0.000000382.